The number of aromatic nitrogens is 1. The molecular formula is C14H19Cl2N3O3. The van der Waals surface area contributed by atoms with Gasteiger partial charge in [-0.15, -0.1) is 0 Å². The average molecular weight is 348 g/mol. The number of hydrogen-bond donors (Lipinski definition) is 2. The van der Waals surface area contributed by atoms with E-state index in [1.807, 2.05) is 0 Å². The van der Waals surface area contributed by atoms with E-state index in [0.29, 0.717) is 55.1 Å². The largest absolute Gasteiger partial charge is 0.475 e. The molecule has 1 amide bonds. The molecule has 0 radical (unpaired) electrons. The van der Waals surface area contributed by atoms with Gasteiger partial charge in [-0.3, -0.25) is 4.79 Å². The summed E-state index contributed by atoms with van der Waals surface area (Å²) in [5.41, 5.74) is 5.25. The standard InChI is InChI=1S/C14H19Cl2N3O3/c15-10-7-11(16)12(19-8-10)22-6-3-18-13(20)14(9-17)1-4-21-5-2-14/h7-8H,1-6,9,17H2,(H,18,20). The van der Waals surface area contributed by atoms with Gasteiger partial charge in [0.25, 0.3) is 0 Å². The zero-order valence-electron chi connectivity index (χ0n) is 12.1. The molecule has 0 atom stereocenters. The normalized spacial score (nSPS) is 17.0. The minimum Gasteiger partial charge on any atom is -0.475 e. The molecule has 0 aromatic carbocycles. The highest BCUT2D eigenvalue weighted by molar-refractivity contribution is 6.35. The Kier molecular flexibility index (Phi) is 6.26. The van der Waals surface area contributed by atoms with Gasteiger partial charge < -0.3 is 20.5 Å². The van der Waals surface area contributed by atoms with Gasteiger partial charge in [0.2, 0.25) is 11.8 Å². The van der Waals surface area contributed by atoms with Crippen LogP contribution in [0.5, 0.6) is 5.88 Å². The quantitative estimate of drug-likeness (QED) is 0.764. The Hall–Kier alpha value is -1.08. The fourth-order valence-electron chi connectivity index (χ4n) is 2.29. The molecule has 0 spiro atoms. The minimum atomic E-state index is -0.533. The number of rotatable bonds is 6. The molecule has 1 fully saturated rings. The van der Waals surface area contributed by atoms with Crippen LogP contribution in [0.4, 0.5) is 0 Å². The number of ether oxygens (including phenoxy) is 2. The van der Waals surface area contributed by atoms with Crippen LogP contribution in [0.25, 0.3) is 0 Å². The molecular weight excluding hydrogens is 329 g/mol. The second kappa shape index (κ2) is 7.97. The van der Waals surface area contributed by atoms with E-state index >= 15 is 0 Å². The van der Waals surface area contributed by atoms with Crippen LogP contribution in [0.15, 0.2) is 12.3 Å². The van der Waals surface area contributed by atoms with Gasteiger partial charge in [-0.2, -0.15) is 0 Å². The number of halogens is 2. The number of nitrogens with one attached hydrogen (secondary N) is 1. The first-order valence-electron chi connectivity index (χ1n) is 7.07. The van der Waals surface area contributed by atoms with E-state index in [2.05, 4.69) is 10.3 Å². The molecule has 1 saturated heterocycles. The van der Waals surface area contributed by atoms with E-state index in [1.165, 1.54) is 6.20 Å². The van der Waals surface area contributed by atoms with Crippen LogP contribution >= 0.6 is 23.2 Å². The summed E-state index contributed by atoms with van der Waals surface area (Å²) in [5.74, 6) is 0.233. The number of carbonyl (C=O) groups excluding carboxylic acids is 1. The van der Waals surface area contributed by atoms with Crippen LogP contribution in [0.1, 0.15) is 12.8 Å². The molecule has 0 aliphatic carbocycles. The van der Waals surface area contributed by atoms with E-state index in [4.69, 9.17) is 38.4 Å². The third-order valence-corrected chi connectivity index (χ3v) is 4.20. The van der Waals surface area contributed by atoms with E-state index in [0.717, 1.165) is 0 Å². The van der Waals surface area contributed by atoms with Crippen LogP contribution in [0.3, 0.4) is 0 Å². The Bertz CT molecular complexity index is 522. The summed E-state index contributed by atoms with van der Waals surface area (Å²) in [6.45, 7) is 2.05. The maximum absolute atomic E-state index is 12.3. The van der Waals surface area contributed by atoms with Crippen molar-refractivity contribution in [1.82, 2.24) is 10.3 Å². The molecule has 1 aromatic heterocycles. The van der Waals surface area contributed by atoms with Crippen molar-refractivity contribution in [2.45, 2.75) is 12.8 Å². The predicted molar refractivity (Wildman–Crippen MR) is 84.3 cm³/mol. The maximum atomic E-state index is 12.3. The van der Waals surface area contributed by atoms with Gasteiger partial charge in [-0.25, -0.2) is 4.98 Å². The van der Waals surface area contributed by atoms with Crippen molar-refractivity contribution in [3.63, 3.8) is 0 Å². The first-order chi connectivity index (χ1) is 10.6. The fourth-order valence-corrected chi connectivity index (χ4v) is 2.73. The Morgan fingerprint density at radius 1 is 1.45 bits per heavy atom. The molecule has 0 bridgehead atoms. The van der Waals surface area contributed by atoms with Gasteiger partial charge in [0.1, 0.15) is 11.6 Å². The van der Waals surface area contributed by atoms with Gasteiger partial charge in [-0.1, -0.05) is 23.2 Å². The predicted octanol–water partition coefficient (Wildman–Crippen LogP) is 1.64. The van der Waals surface area contributed by atoms with Gasteiger partial charge in [0.05, 0.1) is 17.0 Å². The SMILES string of the molecule is NCC1(C(=O)NCCOc2ncc(Cl)cc2Cl)CCOCC1. The lowest BCUT2D eigenvalue weighted by Gasteiger charge is -2.34. The zero-order valence-corrected chi connectivity index (χ0v) is 13.6. The van der Waals surface area contributed by atoms with Crippen LogP contribution in [-0.2, 0) is 9.53 Å². The molecule has 1 aliphatic heterocycles. The first kappa shape index (κ1) is 17.3. The van der Waals surface area contributed by atoms with Crippen molar-refractivity contribution in [3.8, 4) is 5.88 Å². The lowest BCUT2D eigenvalue weighted by molar-refractivity contribution is -0.136. The molecule has 1 aliphatic rings. The third-order valence-electron chi connectivity index (χ3n) is 3.72. The summed E-state index contributed by atoms with van der Waals surface area (Å²) in [7, 11) is 0. The van der Waals surface area contributed by atoms with Crippen molar-refractivity contribution in [1.29, 1.82) is 0 Å². The summed E-state index contributed by atoms with van der Waals surface area (Å²) in [6, 6.07) is 1.55. The number of pyridine rings is 1. The second-order valence-electron chi connectivity index (χ2n) is 5.14. The van der Waals surface area contributed by atoms with Gasteiger partial charge >= 0.3 is 0 Å². The third kappa shape index (κ3) is 4.23. The lowest BCUT2D eigenvalue weighted by atomic mass is 9.79. The highest BCUT2D eigenvalue weighted by Crippen LogP contribution is 2.29. The van der Waals surface area contributed by atoms with Crippen LogP contribution in [-0.4, -0.2) is 43.8 Å². The topological polar surface area (TPSA) is 86.5 Å². The Morgan fingerprint density at radius 2 is 2.18 bits per heavy atom. The van der Waals surface area contributed by atoms with E-state index in [9.17, 15) is 4.79 Å². The first-order valence-corrected chi connectivity index (χ1v) is 7.83. The smallest absolute Gasteiger partial charge is 0.232 e. The van der Waals surface area contributed by atoms with Gasteiger partial charge in [0.15, 0.2) is 0 Å². The summed E-state index contributed by atoms with van der Waals surface area (Å²) in [5, 5.41) is 3.62. The van der Waals surface area contributed by atoms with Crippen molar-refractivity contribution in [2.24, 2.45) is 11.1 Å². The number of amides is 1. The Morgan fingerprint density at radius 3 is 2.82 bits per heavy atom. The highest BCUT2D eigenvalue weighted by atomic mass is 35.5. The number of nitrogens with two attached hydrogens (primary N) is 1. The molecule has 2 heterocycles. The van der Waals surface area contributed by atoms with Crippen molar-refractivity contribution < 1.29 is 14.3 Å². The van der Waals surface area contributed by atoms with Crippen LogP contribution in [0.2, 0.25) is 10.0 Å². The van der Waals surface area contributed by atoms with Crippen molar-refractivity contribution in [2.75, 3.05) is 32.9 Å². The summed E-state index contributed by atoms with van der Waals surface area (Å²) < 4.78 is 10.7. The Labute approximate surface area is 139 Å². The highest BCUT2D eigenvalue weighted by Gasteiger charge is 2.38. The molecule has 0 unspecified atom stereocenters. The molecule has 122 valence electrons. The summed E-state index contributed by atoms with van der Waals surface area (Å²) >= 11 is 11.7. The molecule has 3 N–H and O–H groups in total. The Balaban J connectivity index is 1.79. The molecule has 22 heavy (non-hydrogen) atoms. The zero-order chi connectivity index (χ0) is 16.0. The monoisotopic (exact) mass is 347 g/mol. The van der Waals surface area contributed by atoms with Gasteiger partial charge in [-0.05, 0) is 18.9 Å². The molecule has 2 rings (SSSR count). The van der Waals surface area contributed by atoms with Crippen LogP contribution < -0.4 is 15.8 Å². The van der Waals surface area contributed by atoms with Crippen molar-refractivity contribution in [3.05, 3.63) is 22.3 Å². The molecule has 6 nitrogen and oxygen atoms in total. The van der Waals surface area contributed by atoms with Crippen LogP contribution in [0, 0.1) is 5.41 Å². The van der Waals surface area contributed by atoms with E-state index < -0.39 is 5.41 Å². The molecule has 0 saturated carbocycles. The van der Waals surface area contributed by atoms with E-state index in [-0.39, 0.29) is 12.5 Å². The lowest BCUT2D eigenvalue weighted by Crippen LogP contribution is -2.49. The second-order valence-corrected chi connectivity index (χ2v) is 5.99. The maximum Gasteiger partial charge on any atom is 0.232 e. The molecule has 8 heteroatoms. The summed E-state index contributed by atoms with van der Waals surface area (Å²) in [4.78, 5) is 16.3. The fraction of sp³-hybridized carbons (Fsp3) is 0.571. The number of carbonyl (C=O) groups is 1. The average Bonchev–Trinajstić information content (AvgIpc) is 2.53. The minimum absolute atomic E-state index is 0.0583. The number of hydrogen-bond acceptors (Lipinski definition) is 5. The van der Waals surface area contributed by atoms with E-state index in [1.54, 1.807) is 6.07 Å². The van der Waals surface area contributed by atoms with Crippen molar-refractivity contribution >= 4 is 29.1 Å². The summed E-state index contributed by atoms with van der Waals surface area (Å²) in [6.07, 6.45) is 2.73. The van der Waals surface area contributed by atoms with Gasteiger partial charge in [0, 0.05) is 26.0 Å². The molecule has 1 aromatic rings. The number of nitrogens with zero attached hydrogens (tertiary/aromatic N) is 1.